The zero-order valence-corrected chi connectivity index (χ0v) is 10.6. The number of aromatic nitrogens is 2. The Bertz CT molecular complexity index is 746. The number of para-hydroxylation sites is 2. The van der Waals surface area contributed by atoms with E-state index in [2.05, 4.69) is 9.55 Å². The molecule has 0 bridgehead atoms. The molecule has 0 spiro atoms. The van der Waals surface area contributed by atoms with Crippen LogP contribution in [0.25, 0.3) is 22.4 Å². The zero-order valence-electron chi connectivity index (χ0n) is 10.6. The predicted octanol–water partition coefficient (Wildman–Crippen LogP) is 3.44. The minimum atomic E-state index is -0.410. The van der Waals surface area contributed by atoms with Gasteiger partial charge in [0.1, 0.15) is 11.6 Å². The summed E-state index contributed by atoms with van der Waals surface area (Å²) >= 11 is 0. The number of hydrogen-bond acceptors (Lipinski definition) is 2. The molecule has 4 heteroatoms. The van der Waals surface area contributed by atoms with Gasteiger partial charge >= 0.3 is 0 Å². The van der Waals surface area contributed by atoms with Gasteiger partial charge in [0.15, 0.2) is 0 Å². The molecule has 0 radical (unpaired) electrons. The Labute approximate surface area is 110 Å². The molecule has 0 fully saturated rings. The first-order chi connectivity index (χ1) is 9.20. The van der Waals surface area contributed by atoms with Gasteiger partial charge in [0.25, 0.3) is 0 Å². The van der Waals surface area contributed by atoms with Crippen LogP contribution in [0, 0.1) is 5.82 Å². The van der Waals surface area contributed by atoms with Gasteiger partial charge in [-0.2, -0.15) is 0 Å². The van der Waals surface area contributed by atoms with Crippen LogP contribution in [0.15, 0.2) is 42.5 Å². The molecule has 2 aromatic carbocycles. The first-order valence-electron chi connectivity index (χ1n) is 6.21. The summed E-state index contributed by atoms with van der Waals surface area (Å²) in [4.78, 5) is 4.58. The SMILES string of the molecule is CCn1c(-c2ccc(N)c(F)c2)nc2ccccc21. The van der Waals surface area contributed by atoms with Crippen molar-refractivity contribution in [2.24, 2.45) is 0 Å². The van der Waals surface area contributed by atoms with E-state index in [9.17, 15) is 4.39 Å². The number of imidazole rings is 1. The molecule has 1 aromatic heterocycles. The van der Waals surface area contributed by atoms with Crippen LogP contribution >= 0.6 is 0 Å². The van der Waals surface area contributed by atoms with Gasteiger partial charge in [-0.05, 0) is 37.3 Å². The summed E-state index contributed by atoms with van der Waals surface area (Å²) in [7, 11) is 0. The van der Waals surface area contributed by atoms with Crippen LogP contribution < -0.4 is 5.73 Å². The van der Waals surface area contributed by atoms with Crippen LogP contribution in [0.3, 0.4) is 0 Å². The van der Waals surface area contributed by atoms with Gasteiger partial charge in [-0.25, -0.2) is 9.37 Å². The fourth-order valence-electron chi connectivity index (χ4n) is 2.28. The topological polar surface area (TPSA) is 43.8 Å². The summed E-state index contributed by atoms with van der Waals surface area (Å²) in [6.45, 7) is 2.83. The Morgan fingerprint density at radius 1 is 1.21 bits per heavy atom. The molecular formula is C15H14FN3. The molecule has 3 rings (SSSR count). The smallest absolute Gasteiger partial charge is 0.146 e. The Morgan fingerprint density at radius 3 is 2.74 bits per heavy atom. The summed E-state index contributed by atoms with van der Waals surface area (Å²) in [6, 6.07) is 12.7. The maximum Gasteiger partial charge on any atom is 0.146 e. The number of nitrogens with two attached hydrogens (primary N) is 1. The van der Waals surface area contributed by atoms with Crippen molar-refractivity contribution < 1.29 is 4.39 Å². The highest BCUT2D eigenvalue weighted by molar-refractivity contribution is 5.80. The van der Waals surface area contributed by atoms with Crippen molar-refractivity contribution in [2.45, 2.75) is 13.5 Å². The largest absolute Gasteiger partial charge is 0.396 e. The number of aryl methyl sites for hydroxylation is 1. The highest BCUT2D eigenvalue weighted by Gasteiger charge is 2.12. The van der Waals surface area contributed by atoms with Crippen LogP contribution in [0.5, 0.6) is 0 Å². The molecule has 3 aromatic rings. The molecular weight excluding hydrogens is 241 g/mol. The molecule has 2 N–H and O–H groups in total. The Balaban J connectivity index is 2.26. The van der Waals surface area contributed by atoms with Crippen molar-refractivity contribution in [3.8, 4) is 11.4 Å². The van der Waals surface area contributed by atoms with Gasteiger partial charge in [-0.1, -0.05) is 12.1 Å². The van der Waals surface area contributed by atoms with Crippen LogP contribution in [0.1, 0.15) is 6.92 Å². The monoisotopic (exact) mass is 255 g/mol. The molecule has 0 unspecified atom stereocenters. The van der Waals surface area contributed by atoms with Gasteiger partial charge in [0, 0.05) is 12.1 Å². The average Bonchev–Trinajstić information content (AvgIpc) is 2.80. The van der Waals surface area contributed by atoms with Crippen molar-refractivity contribution in [3.05, 3.63) is 48.3 Å². The second kappa shape index (κ2) is 4.39. The van der Waals surface area contributed by atoms with E-state index in [1.807, 2.05) is 31.2 Å². The predicted molar refractivity (Wildman–Crippen MR) is 75.2 cm³/mol. The quantitative estimate of drug-likeness (QED) is 0.713. The molecule has 0 amide bonds. The third-order valence-corrected chi connectivity index (χ3v) is 3.23. The van der Waals surface area contributed by atoms with E-state index in [4.69, 9.17) is 5.73 Å². The van der Waals surface area contributed by atoms with E-state index in [0.29, 0.717) is 0 Å². The zero-order chi connectivity index (χ0) is 13.4. The van der Waals surface area contributed by atoms with Crippen LogP contribution in [-0.4, -0.2) is 9.55 Å². The first kappa shape index (κ1) is 11.7. The third kappa shape index (κ3) is 1.85. The van der Waals surface area contributed by atoms with Crippen molar-refractivity contribution in [1.82, 2.24) is 9.55 Å². The van der Waals surface area contributed by atoms with E-state index in [1.54, 1.807) is 12.1 Å². The lowest BCUT2D eigenvalue weighted by Crippen LogP contribution is -1.98. The van der Waals surface area contributed by atoms with Gasteiger partial charge < -0.3 is 10.3 Å². The summed E-state index contributed by atoms with van der Waals surface area (Å²) in [5, 5.41) is 0. The number of rotatable bonds is 2. The fourth-order valence-corrected chi connectivity index (χ4v) is 2.28. The minimum Gasteiger partial charge on any atom is -0.396 e. The van der Waals surface area contributed by atoms with Crippen LogP contribution in [-0.2, 0) is 6.54 Å². The number of nitrogens with zero attached hydrogens (tertiary/aromatic N) is 2. The summed E-state index contributed by atoms with van der Waals surface area (Å²) in [6.07, 6.45) is 0. The molecule has 0 atom stereocenters. The van der Waals surface area contributed by atoms with E-state index in [-0.39, 0.29) is 5.69 Å². The number of hydrogen-bond donors (Lipinski definition) is 1. The molecule has 19 heavy (non-hydrogen) atoms. The number of halogens is 1. The lowest BCUT2D eigenvalue weighted by molar-refractivity contribution is 0.632. The molecule has 1 heterocycles. The van der Waals surface area contributed by atoms with Crippen LogP contribution in [0.2, 0.25) is 0 Å². The van der Waals surface area contributed by atoms with Crippen molar-refractivity contribution in [2.75, 3.05) is 5.73 Å². The Kier molecular flexibility index (Phi) is 2.71. The molecule has 0 saturated heterocycles. The maximum absolute atomic E-state index is 13.6. The van der Waals surface area contributed by atoms with E-state index in [1.165, 1.54) is 6.07 Å². The Morgan fingerprint density at radius 2 is 2.00 bits per heavy atom. The fraction of sp³-hybridized carbons (Fsp3) is 0.133. The Hall–Kier alpha value is -2.36. The molecule has 0 aliphatic carbocycles. The number of fused-ring (bicyclic) bond motifs is 1. The summed E-state index contributed by atoms with van der Waals surface area (Å²) in [5.41, 5.74) is 8.37. The highest BCUT2D eigenvalue weighted by Crippen LogP contribution is 2.26. The van der Waals surface area contributed by atoms with Gasteiger partial charge in [0.2, 0.25) is 0 Å². The van der Waals surface area contributed by atoms with Gasteiger partial charge in [0.05, 0.1) is 16.7 Å². The standard InChI is InChI=1S/C15H14FN3/c1-2-19-14-6-4-3-5-13(14)18-15(19)10-7-8-12(17)11(16)9-10/h3-9H,2,17H2,1H3. The van der Waals surface area contributed by atoms with E-state index >= 15 is 0 Å². The average molecular weight is 255 g/mol. The lowest BCUT2D eigenvalue weighted by Gasteiger charge is -2.06. The van der Waals surface area contributed by atoms with Crippen molar-refractivity contribution in [3.63, 3.8) is 0 Å². The lowest BCUT2D eigenvalue weighted by atomic mass is 10.2. The van der Waals surface area contributed by atoms with Gasteiger partial charge in [-0.3, -0.25) is 0 Å². The molecule has 0 aliphatic rings. The molecule has 0 aliphatic heterocycles. The summed E-state index contributed by atoms with van der Waals surface area (Å²) < 4.78 is 15.7. The maximum atomic E-state index is 13.6. The van der Waals surface area contributed by atoms with Crippen molar-refractivity contribution in [1.29, 1.82) is 0 Å². The van der Waals surface area contributed by atoms with Crippen LogP contribution in [0.4, 0.5) is 10.1 Å². The number of nitrogen functional groups attached to an aromatic ring is 1. The summed E-state index contributed by atoms with van der Waals surface area (Å²) in [5.74, 6) is 0.356. The molecule has 0 saturated carbocycles. The highest BCUT2D eigenvalue weighted by atomic mass is 19.1. The normalized spacial score (nSPS) is 11.1. The first-order valence-corrected chi connectivity index (χ1v) is 6.21. The second-order valence-corrected chi connectivity index (χ2v) is 4.40. The second-order valence-electron chi connectivity index (χ2n) is 4.40. The molecule has 96 valence electrons. The van der Waals surface area contributed by atoms with Crippen molar-refractivity contribution >= 4 is 16.7 Å². The minimum absolute atomic E-state index is 0.155. The van der Waals surface area contributed by atoms with E-state index in [0.717, 1.165) is 29.0 Å². The number of benzene rings is 2. The van der Waals surface area contributed by atoms with Gasteiger partial charge in [-0.15, -0.1) is 0 Å². The van der Waals surface area contributed by atoms with E-state index < -0.39 is 5.82 Å². The molecule has 3 nitrogen and oxygen atoms in total. The number of anilines is 1. The third-order valence-electron chi connectivity index (χ3n) is 3.23.